The molecule has 1 N–H and O–H groups in total. The van der Waals surface area contributed by atoms with Crippen LogP contribution in [0.15, 0.2) is 42.5 Å². The number of para-hydroxylation sites is 2. The molecule has 142 valence electrons. The van der Waals surface area contributed by atoms with Crippen LogP contribution in [0.3, 0.4) is 0 Å². The van der Waals surface area contributed by atoms with E-state index >= 15 is 0 Å². The second-order valence-corrected chi connectivity index (χ2v) is 5.38. The normalized spacial score (nSPS) is 11.2. The second-order valence-electron chi connectivity index (χ2n) is 5.38. The minimum atomic E-state index is -1.20. The quantitative estimate of drug-likeness (QED) is 0.450. The van der Waals surface area contributed by atoms with E-state index in [1.165, 1.54) is 51.5 Å². The highest BCUT2D eigenvalue weighted by Crippen LogP contribution is 2.26. The molecule has 2 aromatic rings. The highest BCUT2D eigenvalue weighted by molar-refractivity contribution is 5.99. The summed E-state index contributed by atoms with van der Waals surface area (Å²) in [5.41, 5.74) is -0.171. The SMILES string of the molecule is COc1ccc(OC)c(C(=O)O[C@@H](C)C(=O)Nc2ccccc2[N+](=O)[O-])c1. The van der Waals surface area contributed by atoms with Gasteiger partial charge in [0.05, 0.1) is 19.1 Å². The van der Waals surface area contributed by atoms with E-state index in [0.717, 1.165) is 0 Å². The van der Waals surface area contributed by atoms with E-state index in [1.807, 2.05) is 0 Å². The maximum atomic E-state index is 12.4. The van der Waals surface area contributed by atoms with Crippen LogP contribution in [0.1, 0.15) is 17.3 Å². The van der Waals surface area contributed by atoms with Crippen molar-refractivity contribution >= 4 is 23.3 Å². The number of nitro groups is 1. The van der Waals surface area contributed by atoms with Gasteiger partial charge in [-0.05, 0) is 31.2 Å². The van der Waals surface area contributed by atoms with Crippen LogP contribution in [0.2, 0.25) is 0 Å². The number of methoxy groups -OCH3 is 2. The number of ether oxygens (including phenoxy) is 3. The average molecular weight is 374 g/mol. The number of nitro benzene ring substituents is 1. The highest BCUT2D eigenvalue weighted by Gasteiger charge is 2.24. The minimum Gasteiger partial charge on any atom is -0.497 e. The molecule has 0 aliphatic carbocycles. The van der Waals surface area contributed by atoms with Gasteiger partial charge in [0.1, 0.15) is 22.7 Å². The molecule has 0 heterocycles. The predicted molar refractivity (Wildman–Crippen MR) is 96.1 cm³/mol. The molecule has 0 fully saturated rings. The van der Waals surface area contributed by atoms with Gasteiger partial charge >= 0.3 is 5.97 Å². The summed E-state index contributed by atoms with van der Waals surface area (Å²) in [4.78, 5) is 35.0. The topological polar surface area (TPSA) is 117 Å². The number of hydrogen-bond donors (Lipinski definition) is 1. The Labute approximate surface area is 155 Å². The lowest BCUT2D eigenvalue weighted by atomic mass is 10.2. The Morgan fingerprint density at radius 3 is 2.44 bits per heavy atom. The van der Waals surface area contributed by atoms with Crippen LogP contribution in [0.5, 0.6) is 11.5 Å². The van der Waals surface area contributed by atoms with E-state index in [4.69, 9.17) is 14.2 Å². The summed E-state index contributed by atoms with van der Waals surface area (Å²) in [5, 5.41) is 13.4. The van der Waals surface area contributed by atoms with Gasteiger partial charge in [-0.2, -0.15) is 0 Å². The number of carbonyl (C=O) groups excluding carboxylic acids is 2. The van der Waals surface area contributed by atoms with Crippen LogP contribution in [-0.4, -0.2) is 37.1 Å². The van der Waals surface area contributed by atoms with Gasteiger partial charge < -0.3 is 19.5 Å². The Morgan fingerprint density at radius 1 is 1.11 bits per heavy atom. The van der Waals surface area contributed by atoms with E-state index in [0.29, 0.717) is 5.75 Å². The Balaban J connectivity index is 2.13. The third-order valence-corrected chi connectivity index (χ3v) is 3.64. The van der Waals surface area contributed by atoms with Gasteiger partial charge in [0.2, 0.25) is 0 Å². The Bertz CT molecular complexity index is 867. The maximum absolute atomic E-state index is 12.4. The third kappa shape index (κ3) is 4.72. The van der Waals surface area contributed by atoms with Gasteiger partial charge in [0.25, 0.3) is 11.6 Å². The van der Waals surface area contributed by atoms with Gasteiger partial charge in [-0.3, -0.25) is 14.9 Å². The standard InChI is InChI=1S/C18H18N2O7/c1-11(17(21)19-14-6-4-5-7-15(14)20(23)24)27-18(22)13-10-12(25-2)8-9-16(13)26-3/h4-11H,1-3H3,(H,19,21)/t11-/m0/s1. The summed E-state index contributed by atoms with van der Waals surface area (Å²) >= 11 is 0. The summed E-state index contributed by atoms with van der Waals surface area (Å²) in [6.45, 7) is 1.36. The molecular formula is C18H18N2O7. The fraction of sp³-hybridized carbons (Fsp3) is 0.222. The van der Waals surface area contributed by atoms with Crippen molar-refractivity contribution in [2.24, 2.45) is 0 Å². The van der Waals surface area contributed by atoms with Crippen LogP contribution in [0.4, 0.5) is 11.4 Å². The summed E-state index contributed by atoms with van der Waals surface area (Å²) in [5.74, 6) is -0.831. The van der Waals surface area contributed by atoms with Crippen LogP contribution in [0.25, 0.3) is 0 Å². The third-order valence-electron chi connectivity index (χ3n) is 3.64. The Kier molecular flexibility index (Phi) is 6.32. The first kappa shape index (κ1) is 19.7. The number of esters is 1. The van der Waals surface area contributed by atoms with Gasteiger partial charge in [0.15, 0.2) is 6.10 Å². The fourth-order valence-electron chi connectivity index (χ4n) is 2.22. The fourth-order valence-corrected chi connectivity index (χ4v) is 2.22. The van der Waals surface area contributed by atoms with Crippen molar-refractivity contribution in [3.63, 3.8) is 0 Å². The molecule has 9 nitrogen and oxygen atoms in total. The van der Waals surface area contributed by atoms with E-state index < -0.39 is 22.9 Å². The van der Waals surface area contributed by atoms with Crippen molar-refractivity contribution < 1.29 is 28.7 Å². The molecule has 0 spiro atoms. The number of amides is 1. The lowest BCUT2D eigenvalue weighted by molar-refractivity contribution is -0.383. The zero-order valence-electron chi connectivity index (χ0n) is 14.9. The van der Waals surface area contributed by atoms with Crippen molar-refractivity contribution in [1.29, 1.82) is 0 Å². The molecule has 0 aliphatic heterocycles. The van der Waals surface area contributed by atoms with E-state index in [-0.39, 0.29) is 22.7 Å². The van der Waals surface area contributed by atoms with Crippen LogP contribution < -0.4 is 14.8 Å². The molecule has 0 bridgehead atoms. The number of hydrogen-bond acceptors (Lipinski definition) is 7. The van der Waals surface area contributed by atoms with Crippen LogP contribution in [0, 0.1) is 10.1 Å². The number of carbonyl (C=O) groups is 2. The lowest BCUT2D eigenvalue weighted by Crippen LogP contribution is -2.30. The van der Waals surface area contributed by atoms with Gasteiger partial charge in [-0.1, -0.05) is 12.1 Å². The molecule has 9 heteroatoms. The van der Waals surface area contributed by atoms with Crippen molar-refractivity contribution in [3.8, 4) is 11.5 Å². The molecule has 0 saturated carbocycles. The molecule has 0 aromatic heterocycles. The lowest BCUT2D eigenvalue weighted by Gasteiger charge is -2.15. The monoisotopic (exact) mass is 374 g/mol. The van der Waals surface area contributed by atoms with Crippen molar-refractivity contribution in [2.45, 2.75) is 13.0 Å². The van der Waals surface area contributed by atoms with Gasteiger partial charge in [-0.15, -0.1) is 0 Å². The van der Waals surface area contributed by atoms with Gasteiger partial charge in [0, 0.05) is 6.07 Å². The zero-order chi connectivity index (χ0) is 20.0. The molecule has 0 radical (unpaired) electrons. The molecule has 27 heavy (non-hydrogen) atoms. The van der Waals surface area contributed by atoms with E-state index in [1.54, 1.807) is 12.1 Å². The zero-order valence-corrected chi connectivity index (χ0v) is 14.9. The smallest absolute Gasteiger partial charge is 0.342 e. The highest BCUT2D eigenvalue weighted by atomic mass is 16.6. The molecular weight excluding hydrogens is 356 g/mol. The predicted octanol–water partition coefficient (Wildman–Crippen LogP) is 2.80. The van der Waals surface area contributed by atoms with Crippen molar-refractivity contribution in [2.75, 3.05) is 19.5 Å². The summed E-state index contributed by atoms with van der Waals surface area (Å²) in [7, 11) is 2.84. The molecule has 0 unspecified atom stereocenters. The summed E-state index contributed by atoms with van der Waals surface area (Å²) < 4.78 is 15.3. The first-order valence-corrected chi connectivity index (χ1v) is 7.84. The minimum absolute atomic E-state index is 0.00867. The number of nitrogens with one attached hydrogen (secondary N) is 1. The molecule has 0 saturated heterocycles. The molecule has 2 rings (SSSR count). The van der Waals surface area contributed by atoms with Gasteiger partial charge in [-0.25, -0.2) is 4.79 Å². The van der Waals surface area contributed by atoms with Crippen molar-refractivity contribution in [3.05, 3.63) is 58.1 Å². The number of anilines is 1. The summed E-state index contributed by atoms with van der Waals surface area (Å²) in [6.07, 6.45) is -1.20. The number of nitrogens with zero attached hydrogens (tertiary/aromatic N) is 1. The number of rotatable bonds is 7. The largest absolute Gasteiger partial charge is 0.497 e. The van der Waals surface area contributed by atoms with E-state index in [9.17, 15) is 19.7 Å². The molecule has 1 atom stereocenters. The Morgan fingerprint density at radius 2 is 1.81 bits per heavy atom. The number of benzene rings is 2. The molecule has 0 aliphatic rings. The molecule has 1 amide bonds. The average Bonchev–Trinajstić information content (AvgIpc) is 2.67. The van der Waals surface area contributed by atoms with Crippen molar-refractivity contribution in [1.82, 2.24) is 0 Å². The first-order valence-electron chi connectivity index (χ1n) is 7.84. The second kappa shape index (κ2) is 8.65. The Hall–Kier alpha value is -3.62. The van der Waals surface area contributed by atoms with Crippen LogP contribution >= 0.6 is 0 Å². The molecule has 2 aromatic carbocycles. The van der Waals surface area contributed by atoms with E-state index in [2.05, 4.69) is 5.32 Å². The van der Waals surface area contributed by atoms with Crippen LogP contribution in [-0.2, 0) is 9.53 Å². The maximum Gasteiger partial charge on any atom is 0.342 e. The summed E-state index contributed by atoms with van der Waals surface area (Å²) in [6, 6.07) is 10.2. The first-order chi connectivity index (χ1) is 12.9.